The molecule has 1 aromatic rings. The van der Waals surface area contributed by atoms with E-state index in [2.05, 4.69) is 5.32 Å². The van der Waals surface area contributed by atoms with Gasteiger partial charge in [-0.3, -0.25) is 9.10 Å². The van der Waals surface area contributed by atoms with E-state index in [1.807, 2.05) is 0 Å². The van der Waals surface area contributed by atoms with Crippen molar-refractivity contribution in [3.8, 4) is 0 Å². The molecule has 0 saturated carbocycles. The molecule has 0 heterocycles. The highest BCUT2D eigenvalue weighted by molar-refractivity contribution is 7.92. The molecule has 1 aromatic carbocycles. The molecule has 0 aliphatic carbocycles. The summed E-state index contributed by atoms with van der Waals surface area (Å²) in [5, 5.41) is 2.74. The van der Waals surface area contributed by atoms with Crippen LogP contribution in [0.5, 0.6) is 0 Å². The molecule has 7 heteroatoms. The van der Waals surface area contributed by atoms with Crippen LogP contribution in [0.25, 0.3) is 0 Å². The van der Waals surface area contributed by atoms with Crippen molar-refractivity contribution in [3.05, 3.63) is 29.8 Å². The summed E-state index contributed by atoms with van der Waals surface area (Å²) in [6.45, 7) is 1.04. The van der Waals surface area contributed by atoms with Crippen molar-refractivity contribution in [1.82, 2.24) is 5.32 Å². The van der Waals surface area contributed by atoms with Gasteiger partial charge in [-0.15, -0.1) is 0 Å². The zero-order valence-corrected chi connectivity index (χ0v) is 12.7. The quantitative estimate of drug-likeness (QED) is 0.757. The van der Waals surface area contributed by atoms with Crippen LogP contribution in [0, 0.1) is 0 Å². The molecule has 112 valence electrons. The van der Waals surface area contributed by atoms with Crippen LogP contribution >= 0.6 is 0 Å². The Kier molecular flexibility index (Phi) is 5.97. The average molecular weight is 300 g/mol. The van der Waals surface area contributed by atoms with Crippen molar-refractivity contribution in [1.29, 1.82) is 0 Å². The molecule has 0 spiro atoms. The molecular weight excluding hydrogens is 280 g/mol. The molecule has 0 radical (unpaired) electrons. The number of carbonyl (C=O) groups excluding carboxylic acids is 1. The number of nitrogens with one attached hydrogen (secondary N) is 1. The van der Waals surface area contributed by atoms with Gasteiger partial charge in [0.2, 0.25) is 10.0 Å². The lowest BCUT2D eigenvalue weighted by molar-refractivity contribution is 0.0949. The first-order valence-corrected chi connectivity index (χ1v) is 8.03. The van der Waals surface area contributed by atoms with Gasteiger partial charge >= 0.3 is 0 Å². The maximum Gasteiger partial charge on any atom is 0.253 e. The third-order valence-electron chi connectivity index (χ3n) is 2.80. The molecule has 1 rings (SSSR count). The van der Waals surface area contributed by atoms with Crippen molar-refractivity contribution < 1.29 is 17.9 Å². The topological polar surface area (TPSA) is 75.7 Å². The summed E-state index contributed by atoms with van der Waals surface area (Å²) >= 11 is 0. The van der Waals surface area contributed by atoms with Crippen LogP contribution < -0.4 is 9.62 Å². The number of sulfonamides is 1. The second-order valence-electron chi connectivity index (χ2n) is 4.35. The fraction of sp³-hybridized carbons (Fsp3) is 0.462. The Morgan fingerprint density at radius 3 is 2.60 bits per heavy atom. The number of carbonyl (C=O) groups is 1. The van der Waals surface area contributed by atoms with Crippen LogP contribution in [0.3, 0.4) is 0 Å². The van der Waals surface area contributed by atoms with Gasteiger partial charge < -0.3 is 10.1 Å². The van der Waals surface area contributed by atoms with Crippen molar-refractivity contribution in [2.24, 2.45) is 0 Å². The first kappa shape index (κ1) is 16.5. The lowest BCUT2D eigenvalue weighted by Crippen LogP contribution is -2.30. The highest BCUT2D eigenvalue weighted by atomic mass is 32.2. The molecule has 6 nitrogen and oxygen atoms in total. The van der Waals surface area contributed by atoms with Gasteiger partial charge in [-0.25, -0.2) is 8.42 Å². The molecular formula is C13H20N2O4S. The maximum atomic E-state index is 12.1. The Bertz CT molecular complexity index is 557. The first-order valence-electron chi connectivity index (χ1n) is 6.18. The van der Waals surface area contributed by atoms with Crippen LogP contribution in [0.1, 0.15) is 16.8 Å². The molecule has 1 N–H and O–H groups in total. The van der Waals surface area contributed by atoms with Crippen LogP contribution in [0.15, 0.2) is 24.3 Å². The number of nitrogens with zero attached hydrogens (tertiary/aromatic N) is 1. The minimum absolute atomic E-state index is 0.299. The van der Waals surface area contributed by atoms with Crippen molar-refractivity contribution in [2.75, 3.05) is 37.9 Å². The Morgan fingerprint density at radius 2 is 2.00 bits per heavy atom. The number of para-hydroxylation sites is 1. The van der Waals surface area contributed by atoms with Gasteiger partial charge in [0.1, 0.15) is 0 Å². The van der Waals surface area contributed by atoms with E-state index in [0.29, 0.717) is 30.8 Å². The van der Waals surface area contributed by atoms with Crippen molar-refractivity contribution >= 4 is 21.6 Å². The predicted molar refractivity (Wildman–Crippen MR) is 78.5 cm³/mol. The molecule has 0 aliphatic heterocycles. The number of hydrogen-bond acceptors (Lipinski definition) is 4. The molecule has 0 bridgehead atoms. The van der Waals surface area contributed by atoms with Gasteiger partial charge in [0.25, 0.3) is 5.91 Å². The summed E-state index contributed by atoms with van der Waals surface area (Å²) in [6.07, 6.45) is 1.80. The summed E-state index contributed by atoms with van der Waals surface area (Å²) in [7, 11) is -0.389. The monoisotopic (exact) mass is 300 g/mol. The highest BCUT2D eigenvalue weighted by Crippen LogP contribution is 2.21. The van der Waals surface area contributed by atoms with Crippen LogP contribution in [0.4, 0.5) is 5.69 Å². The van der Waals surface area contributed by atoms with Crippen LogP contribution in [0.2, 0.25) is 0 Å². The average Bonchev–Trinajstić information content (AvgIpc) is 2.41. The molecule has 0 aliphatic rings. The number of ether oxygens (including phenoxy) is 1. The number of methoxy groups -OCH3 is 1. The third-order valence-corrected chi connectivity index (χ3v) is 3.99. The summed E-state index contributed by atoms with van der Waals surface area (Å²) in [5.74, 6) is -0.299. The van der Waals surface area contributed by atoms with E-state index in [1.54, 1.807) is 31.4 Å². The molecule has 1 amide bonds. The first-order chi connectivity index (χ1) is 9.38. The second-order valence-corrected chi connectivity index (χ2v) is 6.36. The minimum Gasteiger partial charge on any atom is -0.385 e. The second kappa shape index (κ2) is 7.25. The van der Waals surface area contributed by atoms with Gasteiger partial charge in [0, 0.05) is 27.3 Å². The summed E-state index contributed by atoms with van der Waals surface area (Å²) in [5.41, 5.74) is 0.692. The van der Waals surface area contributed by atoms with E-state index in [4.69, 9.17) is 4.74 Å². The van der Waals surface area contributed by atoms with Crippen molar-refractivity contribution in [3.63, 3.8) is 0 Å². The standard InChI is InChI=1S/C13H20N2O4S/c1-15(20(3,17)18)12-8-5-4-7-11(12)13(16)14-9-6-10-19-2/h4-5,7-8H,6,9-10H2,1-3H3,(H,14,16). The minimum atomic E-state index is -3.41. The Hall–Kier alpha value is -1.60. The van der Waals surface area contributed by atoms with E-state index in [1.165, 1.54) is 7.05 Å². The lowest BCUT2D eigenvalue weighted by Gasteiger charge is -2.19. The van der Waals surface area contributed by atoms with E-state index >= 15 is 0 Å². The summed E-state index contributed by atoms with van der Waals surface area (Å²) in [6, 6.07) is 6.59. The van der Waals surface area contributed by atoms with Crippen molar-refractivity contribution in [2.45, 2.75) is 6.42 Å². The SMILES string of the molecule is COCCCNC(=O)c1ccccc1N(C)S(C)(=O)=O. The highest BCUT2D eigenvalue weighted by Gasteiger charge is 2.18. The molecule has 0 aromatic heterocycles. The Labute approximate surface area is 119 Å². The lowest BCUT2D eigenvalue weighted by atomic mass is 10.1. The number of rotatable bonds is 7. The van der Waals surface area contributed by atoms with Gasteiger partial charge in [-0.1, -0.05) is 12.1 Å². The van der Waals surface area contributed by atoms with Gasteiger partial charge in [0.05, 0.1) is 17.5 Å². The van der Waals surface area contributed by atoms with Gasteiger partial charge in [-0.2, -0.15) is 0 Å². The molecule has 0 atom stereocenters. The molecule has 0 fully saturated rings. The fourth-order valence-electron chi connectivity index (χ4n) is 1.63. The zero-order valence-electron chi connectivity index (χ0n) is 11.9. The van der Waals surface area contributed by atoms with Gasteiger partial charge in [-0.05, 0) is 18.6 Å². The van der Waals surface area contributed by atoms with E-state index in [0.717, 1.165) is 10.6 Å². The summed E-state index contributed by atoms with van der Waals surface area (Å²) < 4.78 is 29.2. The molecule has 0 unspecified atom stereocenters. The van der Waals surface area contributed by atoms with Gasteiger partial charge in [0.15, 0.2) is 0 Å². The van der Waals surface area contributed by atoms with E-state index in [-0.39, 0.29) is 5.91 Å². The number of anilines is 1. The van der Waals surface area contributed by atoms with Crippen LogP contribution in [-0.4, -0.2) is 47.9 Å². The Morgan fingerprint density at radius 1 is 1.35 bits per heavy atom. The summed E-state index contributed by atoms with van der Waals surface area (Å²) in [4.78, 5) is 12.1. The molecule has 0 saturated heterocycles. The fourth-order valence-corrected chi connectivity index (χ4v) is 2.15. The normalized spacial score (nSPS) is 11.2. The number of amides is 1. The van der Waals surface area contributed by atoms with Crippen LogP contribution in [-0.2, 0) is 14.8 Å². The smallest absolute Gasteiger partial charge is 0.253 e. The predicted octanol–water partition coefficient (Wildman–Crippen LogP) is 0.849. The molecule has 20 heavy (non-hydrogen) atoms. The van der Waals surface area contributed by atoms with E-state index in [9.17, 15) is 13.2 Å². The van der Waals surface area contributed by atoms with E-state index < -0.39 is 10.0 Å². The number of hydrogen-bond donors (Lipinski definition) is 1. The zero-order chi connectivity index (χ0) is 15.2. The Balaban J connectivity index is 2.88. The number of benzene rings is 1. The maximum absolute atomic E-state index is 12.1. The largest absolute Gasteiger partial charge is 0.385 e. The third kappa shape index (κ3) is 4.50.